The van der Waals surface area contributed by atoms with Gasteiger partial charge in [0.1, 0.15) is 5.82 Å². The predicted octanol–water partition coefficient (Wildman–Crippen LogP) is 2.49. The maximum atomic E-state index is 11.5. The van der Waals surface area contributed by atoms with Crippen LogP contribution in [0.5, 0.6) is 0 Å². The van der Waals surface area contributed by atoms with Gasteiger partial charge in [-0.15, -0.1) is 0 Å². The zero-order chi connectivity index (χ0) is 14.4. The molecule has 2 rings (SSSR count). The predicted molar refractivity (Wildman–Crippen MR) is 76.8 cm³/mol. The second-order valence-corrected chi connectivity index (χ2v) is 5.04. The fraction of sp³-hybridized carbons (Fsp3) is 0.600. The fourth-order valence-electron chi connectivity index (χ4n) is 2.38. The molecule has 0 amide bonds. The van der Waals surface area contributed by atoms with Gasteiger partial charge in [0.2, 0.25) is 0 Å². The number of rotatable bonds is 5. The highest BCUT2D eigenvalue weighted by Gasteiger charge is 2.20. The molecular weight excluding hydrogens is 256 g/mol. The summed E-state index contributed by atoms with van der Waals surface area (Å²) in [4.78, 5) is 15.8. The highest BCUT2D eigenvalue weighted by Crippen LogP contribution is 2.21. The first kappa shape index (κ1) is 14.8. The summed E-state index contributed by atoms with van der Waals surface area (Å²) in [5.74, 6) is 1.07. The average Bonchev–Trinajstić information content (AvgIpc) is 2.49. The van der Waals surface area contributed by atoms with Crippen molar-refractivity contribution in [2.45, 2.75) is 32.7 Å². The molecule has 0 saturated carbocycles. The molecule has 5 nitrogen and oxygen atoms in total. The largest absolute Gasteiger partial charge is 0.462 e. The Balaban J connectivity index is 1.91. The van der Waals surface area contributed by atoms with Crippen LogP contribution in [0.2, 0.25) is 0 Å². The van der Waals surface area contributed by atoms with Gasteiger partial charge < -0.3 is 14.8 Å². The normalized spacial score (nSPS) is 17.5. The summed E-state index contributed by atoms with van der Waals surface area (Å²) >= 11 is 0. The van der Waals surface area contributed by atoms with Gasteiger partial charge in [0.05, 0.1) is 12.2 Å². The van der Waals surface area contributed by atoms with Crippen LogP contribution in [0.25, 0.3) is 0 Å². The van der Waals surface area contributed by atoms with Gasteiger partial charge in [-0.1, -0.05) is 0 Å². The van der Waals surface area contributed by atoms with Gasteiger partial charge in [-0.3, -0.25) is 0 Å². The minimum Gasteiger partial charge on any atom is -0.462 e. The third-order valence-electron chi connectivity index (χ3n) is 3.62. The lowest BCUT2D eigenvalue weighted by atomic mass is 9.93. The zero-order valence-corrected chi connectivity index (χ0v) is 12.1. The number of ether oxygens (including phenoxy) is 2. The van der Waals surface area contributed by atoms with Crippen LogP contribution in [-0.4, -0.2) is 36.8 Å². The van der Waals surface area contributed by atoms with E-state index in [1.807, 2.05) is 6.07 Å². The third kappa shape index (κ3) is 3.93. The maximum Gasteiger partial charge on any atom is 0.339 e. The van der Waals surface area contributed by atoms with Gasteiger partial charge in [-0.05, 0) is 44.7 Å². The van der Waals surface area contributed by atoms with Crippen LogP contribution in [0.15, 0.2) is 18.3 Å². The van der Waals surface area contributed by atoms with E-state index in [0.717, 1.165) is 31.9 Å². The van der Waals surface area contributed by atoms with Gasteiger partial charge in [-0.25, -0.2) is 9.78 Å². The van der Waals surface area contributed by atoms with E-state index in [0.29, 0.717) is 24.1 Å². The van der Waals surface area contributed by atoms with Gasteiger partial charge in [0.25, 0.3) is 0 Å². The lowest BCUT2D eigenvalue weighted by molar-refractivity contribution is 0.0526. The molecule has 0 aromatic carbocycles. The monoisotopic (exact) mass is 278 g/mol. The number of hydrogen-bond donors (Lipinski definition) is 1. The van der Waals surface area contributed by atoms with Crippen molar-refractivity contribution < 1.29 is 14.3 Å². The van der Waals surface area contributed by atoms with Gasteiger partial charge in [0, 0.05) is 25.5 Å². The molecule has 1 unspecified atom stereocenters. The average molecular weight is 278 g/mol. The Morgan fingerprint density at radius 2 is 2.25 bits per heavy atom. The van der Waals surface area contributed by atoms with E-state index in [2.05, 4.69) is 17.2 Å². The summed E-state index contributed by atoms with van der Waals surface area (Å²) in [6.45, 7) is 6.01. The molecule has 110 valence electrons. The van der Waals surface area contributed by atoms with Crippen LogP contribution < -0.4 is 5.32 Å². The van der Waals surface area contributed by atoms with Crippen molar-refractivity contribution in [1.82, 2.24) is 4.98 Å². The minimum absolute atomic E-state index is 0.330. The number of anilines is 1. The molecular formula is C15H22N2O3. The van der Waals surface area contributed by atoms with Crippen molar-refractivity contribution in [1.29, 1.82) is 0 Å². The number of nitrogens with one attached hydrogen (secondary N) is 1. The molecule has 1 fully saturated rings. The molecule has 1 aromatic heterocycles. The summed E-state index contributed by atoms with van der Waals surface area (Å²) < 4.78 is 10.3. The van der Waals surface area contributed by atoms with Crippen molar-refractivity contribution in [3.05, 3.63) is 23.9 Å². The molecule has 1 saturated heterocycles. The molecule has 2 heterocycles. The standard InChI is InChI=1S/C15H22N2O3/c1-3-20-15(18)13-4-5-14(16-10-13)17-11(2)12-6-8-19-9-7-12/h4-5,10-12H,3,6-9H2,1-2H3,(H,16,17). The lowest BCUT2D eigenvalue weighted by Gasteiger charge is -2.28. The molecule has 20 heavy (non-hydrogen) atoms. The fourth-order valence-corrected chi connectivity index (χ4v) is 2.38. The van der Waals surface area contributed by atoms with E-state index in [1.165, 1.54) is 0 Å². The SMILES string of the molecule is CCOC(=O)c1ccc(NC(C)C2CCOCC2)nc1. The van der Waals surface area contributed by atoms with Gasteiger partial charge >= 0.3 is 5.97 Å². The Morgan fingerprint density at radius 1 is 1.50 bits per heavy atom. The van der Waals surface area contributed by atoms with Crippen LogP contribution in [0, 0.1) is 5.92 Å². The first-order chi connectivity index (χ1) is 9.70. The van der Waals surface area contributed by atoms with Crippen LogP contribution in [0.4, 0.5) is 5.82 Å². The quantitative estimate of drug-likeness (QED) is 0.838. The number of aromatic nitrogens is 1. The maximum absolute atomic E-state index is 11.5. The first-order valence-electron chi connectivity index (χ1n) is 7.18. The number of esters is 1. The van der Waals surface area contributed by atoms with Crippen LogP contribution in [0.3, 0.4) is 0 Å². The Labute approximate surface area is 119 Å². The summed E-state index contributed by atoms with van der Waals surface area (Å²) in [5, 5.41) is 3.39. The third-order valence-corrected chi connectivity index (χ3v) is 3.62. The highest BCUT2D eigenvalue weighted by atomic mass is 16.5. The summed E-state index contributed by atoms with van der Waals surface area (Å²) in [6, 6.07) is 3.91. The number of carbonyl (C=O) groups excluding carboxylic acids is 1. The Kier molecular flexibility index (Phi) is 5.35. The second kappa shape index (κ2) is 7.24. The van der Waals surface area contributed by atoms with Gasteiger partial charge in [-0.2, -0.15) is 0 Å². The molecule has 1 aliphatic rings. The van der Waals surface area contributed by atoms with Crippen molar-refractivity contribution in [2.24, 2.45) is 5.92 Å². The molecule has 1 aromatic rings. The summed E-state index contributed by atoms with van der Waals surface area (Å²) in [6.07, 6.45) is 3.71. The smallest absolute Gasteiger partial charge is 0.339 e. The summed E-state index contributed by atoms with van der Waals surface area (Å²) in [5.41, 5.74) is 0.483. The minimum atomic E-state index is -0.330. The van der Waals surface area contributed by atoms with E-state index in [-0.39, 0.29) is 5.97 Å². The molecule has 0 spiro atoms. The lowest BCUT2D eigenvalue weighted by Crippen LogP contribution is -2.31. The number of pyridine rings is 1. The molecule has 1 aliphatic heterocycles. The van der Waals surface area contributed by atoms with E-state index < -0.39 is 0 Å². The number of carbonyl (C=O) groups is 1. The Morgan fingerprint density at radius 3 is 2.85 bits per heavy atom. The van der Waals surface area contributed by atoms with Crippen LogP contribution >= 0.6 is 0 Å². The van der Waals surface area contributed by atoms with E-state index in [1.54, 1.807) is 19.2 Å². The molecule has 0 aliphatic carbocycles. The van der Waals surface area contributed by atoms with Crippen molar-refractivity contribution in [3.8, 4) is 0 Å². The van der Waals surface area contributed by atoms with E-state index >= 15 is 0 Å². The van der Waals surface area contributed by atoms with E-state index in [4.69, 9.17) is 9.47 Å². The Hall–Kier alpha value is -1.62. The van der Waals surface area contributed by atoms with Crippen molar-refractivity contribution >= 4 is 11.8 Å². The van der Waals surface area contributed by atoms with E-state index in [9.17, 15) is 4.79 Å². The molecule has 1 atom stereocenters. The number of hydrogen-bond acceptors (Lipinski definition) is 5. The molecule has 0 bridgehead atoms. The second-order valence-electron chi connectivity index (χ2n) is 5.04. The highest BCUT2D eigenvalue weighted by molar-refractivity contribution is 5.89. The molecule has 1 N–H and O–H groups in total. The van der Waals surface area contributed by atoms with Crippen LogP contribution in [0.1, 0.15) is 37.0 Å². The van der Waals surface area contributed by atoms with Gasteiger partial charge in [0.15, 0.2) is 0 Å². The van der Waals surface area contributed by atoms with Crippen molar-refractivity contribution in [2.75, 3.05) is 25.1 Å². The molecule has 5 heteroatoms. The number of nitrogens with zero attached hydrogens (tertiary/aromatic N) is 1. The summed E-state index contributed by atoms with van der Waals surface area (Å²) in [7, 11) is 0. The Bertz CT molecular complexity index is 427. The topological polar surface area (TPSA) is 60.5 Å². The van der Waals surface area contributed by atoms with Crippen molar-refractivity contribution in [3.63, 3.8) is 0 Å². The molecule has 0 radical (unpaired) electrons. The zero-order valence-electron chi connectivity index (χ0n) is 12.1. The van der Waals surface area contributed by atoms with Crippen LogP contribution in [-0.2, 0) is 9.47 Å². The first-order valence-corrected chi connectivity index (χ1v) is 7.18.